The number of carbonyl (C=O) groups excluding carboxylic acids is 1. The van der Waals surface area contributed by atoms with Crippen LogP contribution in [0.5, 0.6) is 0 Å². The highest BCUT2D eigenvalue weighted by Gasteiger charge is 2.25. The van der Waals surface area contributed by atoms with Gasteiger partial charge in [0.1, 0.15) is 11.5 Å². The monoisotopic (exact) mass is 419 g/mol. The SMILES string of the molecule is CCc1ccc(-c2c(-c3ccccc3)oc(C)c2C(=O)NCCCCCC(=O)O)cc1. The van der Waals surface area contributed by atoms with Gasteiger partial charge in [0.05, 0.1) is 5.56 Å². The Balaban J connectivity index is 1.87. The first-order valence-corrected chi connectivity index (χ1v) is 10.8. The second-order valence-electron chi connectivity index (χ2n) is 7.61. The summed E-state index contributed by atoms with van der Waals surface area (Å²) in [5.41, 5.74) is 4.45. The fraction of sp³-hybridized carbons (Fsp3) is 0.308. The van der Waals surface area contributed by atoms with Crippen LogP contribution in [0.25, 0.3) is 22.5 Å². The second-order valence-corrected chi connectivity index (χ2v) is 7.61. The van der Waals surface area contributed by atoms with Crippen molar-refractivity contribution in [3.63, 3.8) is 0 Å². The topological polar surface area (TPSA) is 79.5 Å². The fourth-order valence-electron chi connectivity index (χ4n) is 3.66. The molecule has 1 aromatic heterocycles. The lowest BCUT2D eigenvalue weighted by molar-refractivity contribution is -0.137. The molecule has 0 spiro atoms. The van der Waals surface area contributed by atoms with Gasteiger partial charge >= 0.3 is 5.97 Å². The molecule has 1 heterocycles. The summed E-state index contributed by atoms with van der Waals surface area (Å²) in [5, 5.41) is 11.7. The maximum absolute atomic E-state index is 13.1. The number of nitrogens with one attached hydrogen (secondary N) is 1. The number of aryl methyl sites for hydroxylation is 2. The zero-order valence-corrected chi connectivity index (χ0v) is 18.1. The molecule has 31 heavy (non-hydrogen) atoms. The molecule has 162 valence electrons. The Morgan fingerprint density at radius 2 is 1.65 bits per heavy atom. The summed E-state index contributed by atoms with van der Waals surface area (Å²) >= 11 is 0. The number of amides is 1. The van der Waals surface area contributed by atoms with Crippen molar-refractivity contribution in [2.24, 2.45) is 0 Å². The Kier molecular flexibility index (Phi) is 7.65. The maximum Gasteiger partial charge on any atom is 0.303 e. The average molecular weight is 420 g/mol. The van der Waals surface area contributed by atoms with E-state index in [2.05, 4.69) is 24.4 Å². The lowest BCUT2D eigenvalue weighted by Crippen LogP contribution is -2.25. The van der Waals surface area contributed by atoms with Crippen LogP contribution in [0.1, 0.15) is 54.3 Å². The van der Waals surface area contributed by atoms with Crippen LogP contribution in [-0.2, 0) is 11.2 Å². The normalized spacial score (nSPS) is 10.8. The van der Waals surface area contributed by atoms with Crippen LogP contribution in [0.15, 0.2) is 59.0 Å². The number of hydrogen-bond donors (Lipinski definition) is 2. The van der Waals surface area contributed by atoms with Crippen molar-refractivity contribution in [3.8, 4) is 22.5 Å². The fourth-order valence-corrected chi connectivity index (χ4v) is 3.66. The number of benzene rings is 2. The van der Waals surface area contributed by atoms with Crippen molar-refractivity contribution in [1.29, 1.82) is 0 Å². The van der Waals surface area contributed by atoms with E-state index in [1.54, 1.807) is 0 Å². The summed E-state index contributed by atoms with van der Waals surface area (Å²) in [6.45, 7) is 4.43. The summed E-state index contributed by atoms with van der Waals surface area (Å²) in [4.78, 5) is 23.7. The van der Waals surface area contributed by atoms with E-state index < -0.39 is 5.97 Å². The van der Waals surface area contributed by atoms with Gasteiger partial charge in [-0.25, -0.2) is 0 Å². The van der Waals surface area contributed by atoms with Gasteiger partial charge in [0.2, 0.25) is 0 Å². The van der Waals surface area contributed by atoms with Crippen molar-refractivity contribution in [2.75, 3.05) is 6.54 Å². The number of hydrogen-bond acceptors (Lipinski definition) is 3. The highest BCUT2D eigenvalue weighted by Crippen LogP contribution is 2.39. The lowest BCUT2D eigenvalue weighted by atomic mass is 9.95. The number of unbranched alkanes of at least 4 members (excludes halogenated alkanes) is 2. The van der Waals surface area contributed by atoms with E-state index in [4.69, 9.17) is 9.52 Å². The largest absolute Gasteiger partial charge is 0.481 e. The third-order valence-electron chi connectivity index (χ3n) is 5.35. The molecular weight excluding hydrogens is 390 g/mol. The van der Waals surface area contributed by atoms with Crippen LogP contribution in [0.3, 0.4) is 0 Å². The first-order chi connectivity index (χ1) is 15.0. The summed E-state index contributed by atoms with van der Waals surface area (Å²) in [5.74, 6) is 0.312. The van der Waals surface area contributed by atoms with E-state index >= 15 is 0 Å². The molecule has 0 radical (unpaired) electrons. The third-order valence-corrected chi connectivity index (χ3v) is 5.35. The van der Waals surface area contributed by atoms with Gasteiger partial charge < -0.3 is 14.8 Å². The molecule has 5 nitrogen and oxygen atoms in total. The smallest absolute Gasteiger partial charge is 0.303 e. The molecule has 1 amide bonds. The van der Waals surface area contributed by atoms with Crippen molar-refractivity contribution >= 4 is 11.9 Å². The van der Waals surface area contributed by atoms with Gasteiger partial charge in [-0.3, -0.25) is 9.59 Å². The number of carboxylic acids is 1. The second kappa shape index (κ2) is 10.6. The molecule has 0 fully saturated rings. The van der Waals surface area contributed by atoms with Gasteiger partial charge in [0.15, 0.2) is 0 Å². The minimum atomic E-state index is -0.787. The first-order valence-electron chi connectivity index (χ1n) is 10.8. The molecule has 0 aliphatic rings. The number of aliphatic carboxylic acids is 1. The Morgan fingerprint density at radius 1 is 0.935 bits per heavy atom. The molecule has 2 aromatic carbocycles. The van der Waals surface area contributed by atoms with Gasteiger partial charge in [-0.2, -0.15) is 0 Å². The molecule has 0 unspecified atom stereocenters. The maximum atomic E-state index is 13.1. The molecule has 3 rings (SSSR count). The predicted octanol–water partition coefficient (Wildman–Crippen LogP) is 5.86. The van der Waals surface area contributed by atoms with E-state index in [0.717, 1.165) is 36.0 Å². The molecule has 0 saturated heterocycles. The van der Waals surface area contributed by atoms with Crippen molar-refractivity contribution in [2.45, 2.75) is 46.0 Å². The predicted molar refractivity (Wildman–Crippen MR) is 122 cm³/mol. The molecular formula is C26H29NO4. The van der Waals surface area contributed by atoms with Crippen LogP contribution >= 0.6 is 0 Å². The Bertz CT molecular complexity index is 1020. The number of rotatable bonds is 10. The Labute approximate surface area is 183 Å². The molecule has 0 atom stereocenters. The number of carboxylic acid groups (broad SMARTS) is 1. The zero-order chi connectivity index (χ0) is 22.2. The molecule has 5 heteroatoms. The minimum Gasteiger partial charge on any atom is -0.481 e. The van der Waals surface area contributed by atoms with Crippen molar-refractivity contribution in [3.05, 3.63) is 71.5 Å². The van der Waals surface area contributed by atoms with E-state index in [9.17, 15) is 9.59 Å². The minimum absolute atomic E-state index is 0.160. The number of furan rings is 1. The van der Waals surface area contributed by atoms with Gasteiger partial charge in [-0.05, 0) is 37.3 Å². The summed E-state index contributed by atoms with van der Waals surface area (Å²) in [6.07, 6.45) is 3.22. The van der Waals surface area contributed by atoms with E-state index in [-0.39, 0.29) is 12.3 Å². The van der Waals surface area contributed by atoms with Gasteiger partial charge in [0, 0.05) is 24.1 Å². The summed E-state index contributed by atoms with van der Waals surface area (Å²) < 4.78 is 6.11. The molecule has 0 saturated carbocycles. The first kappa shape index (κ1) is 22.3. The molecule has 0 aliphatic heterocycles. The van der Waals surface area contributed by atoms with E-state index in [1.165, 1.54) is 5.56 Å². The molecule has 3 aromatic rings. The lowest BCUT2D eigenvalue weighted by Gasteiger charge is -2.09. The molecule has 0 bridgehead atoms. The highest BCUT2D eigenvalue weighted by molar-refractivity contribution is 6.05. The van der Waals surface area contributed by atoms with Crippen molar-refractivity contribution in [1.82, 2.24) is 5.32 Å². The highest BCUT2D eigenvalue weighted by atomic mass is 16.4. The van der Waals surface area contributed by atoms with Crippen LogP contribution in [0, 0.1) is 6.92 Å². The average Bonchev–Trinajstić information content (AvgIpc) is 3.13. The van der Waals surface area contributed by atoms with E-state index in [0.29, 0.717) is 30.0 Å². The summed E-state index contributed by atoms with van der Waals surface area (Å²) in [7, 11) is 0. The Hall–Kier alpha value is -3.34. The molecule has 0 aliphatic carbocycles. The van der Waals surface area contributed by atoms with Crippen LogP contribution in [0.2, 0.25) is 0 Å². The quantitative estimate of drug-likeness (QED) is 0.403. The molecule has 2 N–H and O–H groups in total. The van der Waals surface area contributed by atoms with Gasteiger partial charge in [0.25, 0.3) is 5.91 Å². The van der Waals surface area contributed by atoms with Crippen LogP contribution < -0.4 is 5.32 Å². The van der Waals surface area contributed by atoms with Crippen LogP contribution in [0.4, 0.5) is 0 Å². The van der Waals surface area contributed by atoms with Gasteiger partial charge in [-0.1, -0.05) is 67.9 Å². The zero-order valence-electron chi connectivity index (χ0n) is 18.1. The Morgan fingerprint density at radius 3 is 2.29 bits per heavy atom. The number of carbonyl (C=O) groups is 2. The third kappa shape index (κ3) is 5.63. The standard InChI is InChI=1S/C26H29NO4/c1-3-19-13-15-20(16-14-19)24-23(26(30)27-17-9-5-8-12-22(28)29)18(2)31-25(24)21-10-6-4-7-11-21/h4,6-7,10-11,13-16H,3,5,8-9,12,17H2,1-2H3,(H,27,30)(H,28,29). The van der Waals surface area contributed by atoms with Gasteiger partial charge in [-0.15, -0.1) is 0 Å². The van der Waals surface area contributed by atoms with Crippen molar-refractivity contribution < 1.29 is 19.1 Å². The van der Waals surface area contributed by atoms with E-state index in [1.807, 2.05) is 49.4 Å². The summed E-state index contributed by atoms with van der Waals surface area (Å²) in [6, 6.07) is 18.1. The van der Waals surface area contributed by atoms with Crippen LogP contribution in [-0.4, -0.2) is 23.5 Å².